The Kier molecular flexibility index (Phi) is 2.17. The summed E-state index contributed by atoms with van der Waals surface area (Å²) >= 11 is 5.78. The molecule has 0 fully saturated rings. The van der Waals surface area contributed by atoms with E-state index in [2.05, 4.69) is 5.32 Å². The minimum atomic E-state index is -1.05. The molecule has 0 amide bonds. The van der Waals surface area contributed by atoms with Crippen molar-refractivity contribution < 1.29 is 8.95 Å². The topological polar surface area (TPSA) is 38.3 Å². The van der Waals surface area contributed by atoms with Crippen molar-refractivity contribution >= 4 is 28.1 Å². The molecule has 13 heavy (non-hydrogen) atoms. The van der Waals surface area contributed by atoms with E-state index in [0.717, 1.165) is 5.69 Å². The largest absolute Gasteiger partial charge is 0.457 e. The average molecular weight is 218 g/mol. The highest BCUT2D eigenvalue weighted by Gasteiger charge is 2.24. The molecular weight excluding hydrogens is 210 g/mol. The van der Waals surface area contributed by atoms with Crippen molar-refractivity contribution in [3.05, 3.63) is 23.2 Å². The smallest absolute Gasteiger partial charge is 0.246 e. The van der Waals surface area contributed by atoms with Gasteiger partial charge in [0.15, 0.2) is 0 Å². The fourth-order valence-electron chi connectivity index (χ4n) is 1.14. The molecule has 0 aromatic heterocycles. The van der Waals surface area contributed by atoms with Crippen LogP contribution < -0.4 is 10.1 Å². The number of halogens is 1. The van der Waals surface area contributed by atoms with Crippen molar-refractivity contribution in [1.82, 2.24) is 0 Å². The highest BCUT2D eigenvalue weighted by molar-refractivity contribution is 7.84. The summed E-state index contributed by atoms with van der Waals surface area (Å²) in [5.74, 6) is 0.699. The minimum absolute atomic E-state index is 0.450. The lowest BCUT2D eigenvalue weighted by Gasteiger charge is -2.05. The molecule has 3 nitrogen and oxygen atoms in total. The van der Waals surface area contributed by atoms with Gasteiger partial charge in [0.2, 0.25) is 5.56 Å². The molecular formula is C8H8ClNO2S. The fourth-order valence-corrected chi connectivity index (χ4v) is 1.84. The van der Waals surface area contributed by atoms with E-state index in [9.17, 15) is 4.21 Å². The summed E-state index contributed by atoms with van der Waals surface area (Å²) in [5, 5.41) is 3.60. The van der Waals surface area contributed by atoms with Crippen molar-refractivity contribution in [2.24, 2.45) is 0 Å². The van der Waals surface area contributed by atoms with Crippen molar-refractivity contribution in [1.29, 1.82) is 0 Å². The number of rotatable bonds is 1. The maximum absolute atomic E-state index is 11.1. The second-order valence-corrected chi connectivity index (χ2v) is 4.59. The highest BCUT2D eigenvalue weighted by atomic mass is 35.5. The molecule has 2 rings (SSSR count). The molecule has 0 aliphatic carbocycles. The highest BCUT2D eigenvalue weighted by Crippen LogP contribution is 2.34. The van der Waals surface area contributed by atoms with E-state index in [-0.39, 0.29) is 0 Å². The van der Waals surface area contributed by atoms with Gasteiger partial charge >= 0.3 is 0 Å². The molecule has 0 saturated heterocycles. The molecule has 0 radical (unpaired) electrons. The van der Waals surface area contributed by atoms with Gasteiger partial charge in [-0.15, -0.1) is 0 Å². The van der Waals surface area contributed by atoms with Crippen LogP contribution in [-0.2, 0) is 10.8 Å². The van der Waals surface area contributed by atoms with Crippen LogP contribution in [0.4, 0.5) is 5.69 Å². The van der Waals surface area contributed by atoms with Crippen LogP contribution in [0.1, 0.15) is 0 Å². The van der Waals surface area contributed by atoms with E-state index < -0.39 is 16.4 Å². The summed E-state index contributed by atoms with van der Waals surface area (Å²) in [6.07, 6.45) is 1.59. The van der Waals surface area contributed by atoms with Gasteiger partial charge < -0.3 is 10.1 Å². The lowest BCUT2D eigenvalue weighted by atomic mass is 10.3. The number of hydrogen-bond donors (Lipinski definition) is 1. The Hall–Kier alpha value is -0.740. The Bertz CT molecular complexity index is 369. The number of fused-ring (bicyclic) bond motifs is 1. The second-order valence-electron chi connectivity index (χ2n) is 2.73. The summed E-state index contributed by atoms with van der Waals surface area (Å²) in [6.45, 7) is 0. The predicted octanol–water partition coefficient (Wildman–Crippen LogP) is 1.81. The van der Waals surface area contributed by atoms with E-state index in [1.807, 2.05) is 0 Å². The van der Waals surface area contributed by atoms with Gasteiger partial charge in [-0.05, 0) is 18.2 Å². The number of benzene rings is 1. The Labute approximate surface area is 83.5 Å². The van der Waals surface area contributed by atoms with Gasteiger partial charge in [0.25, 0.3) is 0 Å². The second kappa shape index (κ2) is 3.20. The molecule has 0 spiro atoms. The molecule has 1 aliphatic rings. The summed E-state index contributed by atoms with van der Waals surface area (Å²) < 4.78 is 16.4. The number of ether oxygens (including phenoxy) is 1. The maximum atomic E-state index is 11.1. The molecule has 70 valence electrons. The third-order valence-electron chi connectivity index (χ3n) is 1.75. The van der Waals surface area contributed by atoms with Gasteiger partial charge in [0, 0.05) is 11.3 Å². The molecule has 2 unspecified atom stereocenters. The van der Waals surface area contributed by atoms with Crippen LogP contribution >= 0.6 is 11.6 Å². The number of nitrogens with one attached hydrogen (secondary N) is 1. The van der Waals surface area contributed by atoms with Gasteiger partial charge in [0.1, 0.15) is 5.75 Å². The lowest BCUT2D eigenvalue weighted by Crippen LogP contribution is -2.24. The van der Waals surface area contributed by atoms with Crippen molar-refractivity contribution in [3.8, 4) is 5.75 Å². The normalized spacial score (nSPS) is 21.5. The van der Waals surface area contributed by atoms with Crippen LogP contribution in [0.25, 0.3) is 0 Å². The molecule has 1 aromatic carbocycles. The first-order valence-electron chi connectivity index (χ1n) is 3.72. The summed E-state index contributed by atoms with van der Waals surface area (Å²) in [7, 11) is -1.05. The Morgan fingerprint density at radius 2 is 2.38 bits per heavy atom. The van der Waals surface area contributed by atoms with Gasteiger partial charge in [-0.2, -0.15) is 0 Å². The van der Waals surface area contributed by atoms with E-state index in [1.54, 1.807) is 24.5 Å². The van der Waals surface area contributed by atoms with Crippen LogP contribution in [0.2, 0.25) is 5.02 Å². The Morgan fingerprint density at radius 3 is 3.08 bits per heavy atom. The third kappa shape index (κ3) is 1.64. The first-order chi connectivity index (χ1) is 6.16. The number of hydrogen-bond acceptors (Lipinski definition) is 3. The van der Waals surface area contributed by atoms with Crippen molar-refractivity contribution in [3.63, 3.8) is 0 Å². The van der Waals surface area contributed by atoms with E-state index in [0.29, 0.717) is 10.8 Å². The zero-order valence-electron chi connectivity index (χ0n) is 6.91. The summed E-state index contributed by atoms with van der Waals surface area (Å²) in [6, 6.07) is 5.25. The molecule has 1 aromatic rings. The van der Waals surface area contributed by atoms with Gasteiger partial charge in [0.05, 0.1) is 16.5 Å². The SMILES string of the molecule is CS(=O)C1Nc2cc(Cl)ccc2O1. The molecule has 1 N–H and O–H groups in total. The quantitative estimate of drug-likeness (QED) is 0.780. The molecule has 2 atom stereocenters. The zero-order valence-corrected chi connectivity index (χ0v) is 8.48. The molecule has 0 saturated carbocycles. The predicted molar refractivity (Wildman–Crippen MR) is 53.6 cm³/mol. The van der Waals surface area contributed by atoms with Gasteiger partial charge in [-0.25, -0.2) is 0 Å². The first-order valence-corrected chi connectivity index (χ1v) is 5.72. The summed E-state index contributed by atoms with van der Waals surface area (Å²) in [5.41, 5.74) is 0.348. The number of anilines is 1. The minimum Gasteiger partial charge on any atom is -0.457 e. The van der Waals surface area contributed by atoms with Crippen LogP contribution in [0.3, 0.4) is 0 Å². The lowest BCUT2D eigenvalue weighted by molar-refractivity contribution is 0.334. The van der Waals surface area contributed by atoms with Crippen molar-refractivity contribution in [2.75, 3.05) is 11.6 Å². The van der Waals surface area contributed by atoms with Crippen LogP contribution in [0.15, 0.2) is 18.2 Å². The van der Waals surface area contributed by atoms with Crippen LogP contribution in [0.5, 0.6) is 5.75 Å². The Morgan fingerprint density at radius 1 is 1.62 bits per heavy atom. The van der Waals surface area contributed by atoms with Gasteiger partial charge in [-0.1, -0.05) is 11.6 Å². The van der Waals surface area contributed by atoms with Crippen LogP contribution in [0, 0.1) is 0 Å². The Balaban J connectivity index is 2.30. The van der Waals surface area contributed by atoms with E-state index >= 15 is 0 Å². The third-order valence-corrected chi connectivity index (χ3v) is 2.80. The maximum Gasteiger partial charge on any atom is 0.246 e. The van der Waals surface area contributed by atoms with Crippen LogP contribution in [-0.4, -0.2) is 16.0 Å². The molecule has 5 heteroatoms. The van der Waals surface area contributed by atoms with E-state index in [1.165, 1.54) is 0 Å². The zero-order chi connectivity index (χ0) is 9.42. The average Bonchev–Trinajstić information content (AvgIpc) is 2.46. The van der Waals surface area contributed by atoms with Gasteiger partial charge in [-0.3, -0.25) is 4.21 Å². The summed E-state index contributed by atoms with van der Waals surface area (Å²) in [4.78, 5) is 0. The molecule has 0 bridgehead atoms. The van der Waals surface area contributed by atoms with Crippen molar-refractivity contribution in [2.45, 2.75) is 5.56 Å². The standard InChI is InChI=1S/C8H8ClNO2S/c1-13(11)8-10-6-4-5(9)2-3-7(6)12-8/h2-4,8,10H,1H3. The molecule has 1 heterocycles. The fraction of sp³-hybridized carbons (Fsp3) is 0.250. The molecule has 1 aliphatic heterocycles. The monoisotopic (exact) mass is 217 g/mol. The van der Waals surface area contributed by atoms with E-state index in [4.69, 9.17) is 16.3 Å². The first kappa shape index (κ1) is 8.84.